The largest absolute Gasteiger partial charge is 0.399 e. The Labute approximate surface area is 117 Å². The fraction of sp³-hybridized carbons (Fsp3) is 0.125. The van der Waals surface area contributed by atoms with Crippen LogP contribution in [0.25, 0.3) is 0 Å². The van der Waals surface area contributed by atoms with Crippen LogP contribution in [0.1, 0.15) is 34.5 Å². The number of benzene rings is 2. The van der Waals surface area contributed by atoms with Gasteiger partial charge in [0.1, 0.15) is 0 Å². The summed E-state index contributed by atoms with van der Waals surface area (Å²) in [6, 6.07) is 15.8. The Bertz CT molecular complexity index is 656. The zero-order valence-electron chi connectivity index (χ0n) is 11.1. The van der Waals surface area contributed by atoms with E-state index in [0.717, 1.165) is 5.56 Å². The van der Waals surface area contributed by atoms with Gasteiger partial charge in [-0.1, -0.05) is 12.1 Å². The van der Waals surface area contributed by atoms with Crippen LogP contribution >= 0.6 is 0 Å². The van der Waals surface area contributed by atoms with Crippen LogP contribution in [0.4, 0.5) is 5.69 Å². The van der Waals surface area contributed by atoms with Crippen molar-refractivity contribution in [1.29, 1.82) is 5.26 Å². The zero-order chi connectivity index (χ0) is 14.5. The second-order valence-corrected chi connectivity index (χ2v) is 4.55. The monoisotopic (exact) mass is 265 g/mol. The van der Waals surface area contributed by atoms with Gasteiger partial charge < -0.3 is 11.1 Å². The predicted molar refractivity (Wildman–Crippen MR) is 77.9 cm³/mol. The third-order valence-corrected chi connectivity index (χ3v) is 3.03. The molecular weight excluding hydrogens is 250 g/mol. The van der Waals surface area contributed by atoms with Gasteiger partial charge in [0.25, 0.3) is 5.91 Å². The van der Waals surface area contributed by atoms with Crippen LogP contribution in [0.5, 0.6) is 0 Å². The maximum absolute atomic E-state index is 12.1. The molecule has 0 heterocycles. The summed E-state index contributed by atoms with van der Waals surface area (Å²) in [5.74, 6) is -0.176. The van der Waals surface area contributed by atoms with Gasteiger partial charge in [0.15, 0.2) is 0 Å². The molecule has 0 radical (unpaired) electrons. The van der Waals surface area contributed by atoms with Crippen molar-refractivity contribution in [2.45, 2.75) is 13.0 Å². The molecule has 2 rings (SSSR count). The average molecular weight is 265 g/mol. The van der Waals surface area contributed by atoms with Crippen molar-refractivity contribution in [3.8, 4) is 6.07 Å². The molecule has 100 valence electrons. The Morgan fingerprint density at radius 2 is 1.95 bits per heavy atom. The number of nitriles is 1. The van der Waals surface area contributed by atoms with Crippen LogP contribution in [-0.2, 0) is 0 Å². The molecule has 0 spiro atoms. The highest BCUT2D eigenvalue weighted by molar-refractivity contribution is 5.94. The first-order chi connectivity index (χ1) is 9.60. The number of nitrogen functional groups attached to an aromatic ring is 1. The summed E-state index contributed by atoms with van der Waals surface area (Å²) in [5, 5.41) is 11.6. The van der Waals surface area contributed by atoms with Crippen molar-refractivity contribution in [3.63, 3.8) is 0 Å². The molecule has 0 aliphatic rings. The first-order valence-corrected chi connectivity index (χ1v) is 6.26. The minimum absolute atomic E-state index is 0.137. The molecule has 2 aromatic rings. The lowest BCUT2D eigenvalue weighted by molar-refractivity contribution is 0.0940. The molecule has 0 saturated heterocycles. The number of hydrogen-bond acceptors (Lipinski definition) is 3. The molecule has 4 nitrogen and oxygen atoms in total. The Morgan fingerprint density at radius 1 is 1.25 bits per heavy atom. The Morgan fingerprint density at radius 3 is 2.55 bits per heavy atom. The zero-order valence-corrected chi connectivity index (χ0v) is 11.1. The minimum atomic E-state index is -0.176. The van der Waals surface area contributed by atoms with Crippen molar-refractivity contribution in [3.05, 3.63) is 65.2 Å². The molecule has 0 bridgehead atoms. The van der Waals surface area contributed by atoms with Gasteiger partial charge in [0.2, 0.25) is 0 Å². The van der Waals surface area contributed by atoms with E-state index in [-0.39, 0.29) is 11.9 Å². The fourth-order valence-electron chi connectivity index (χ4n) is 1.89. The predicted octanol–water partition coefficient (Wildman–Crippen LogP) is 2.63. The van der Waals surface area contributed by atoms with E-state index in [2.05, 4.69) is 5.32 Å². The van der Waals surface area contributed by atoms with Crippen LogP contribution in [0.3, 0.4) is 0 Å². The maximum Gasteiger partial charge on any atom is 0.251 e. The second-order valence-electron chi connectivity index (χ2n) is 4.55. The number of carbonyl (C=O) groups is 1. The second kappa shape index (κ2) is 5.89. The summed E-state index contributed by atoms with van der Waals surface area (Å²) in [6.45, 7) is 1.90. The summed E-state index contributed by atoms with van der Waals surface area (Å²) in [4.78, 5) is 12.1. The van der Waals surface area contributed by atoms with Crippen LogP contribution in [-0.4, -0.2) is 5.91 Å². The summed E-state index contributed by atoms with van der Waals surface area (Å²) in [5.41, 5.74) is 8.41. The first-order valence-electron chi connectivity index (χ1n) is 6.26. The molecule has 1 amide bonds. The van der Waals surface area contributed by atoms with Gasteiger partial charge in [-0.15, -0.1) is 0 Å². The van der Waals surface area contributed by atoms with Crippen molar-refractivity contribution in [2.75, 3.05) is 5.73 Å². The smallest absolute Gasteiger partial charge is 0.251 e. The molecular formula is C16H15N3O. The van der Waals surface area contributed by atoms with Crippen LogP contribution < -0.4 is 11.1 Å². The van der Waals surface area contributed by atoms with Crippen molar-refractivity contribution in [2.24, 2.45) is 0 Å². The quantitative estimate of drug-likeness (QED) is 0.837. The maximum atomic E-state index is 12.1. The number of amides is 1. The Balaban J connectivity index is 2.09. The number of nitrogens with one attached hydrogen (secondary N) is 1. The van der Waals surface area contributed by atoms with Crippen molar-refractivity contribution < 1.29 is 4.79 Å². The number of rotatable bonds is 3. The fourth-order valence-corrected chi connectivity index (χ4v) is 1.89. The number of hydrogen-bond donors (Lipinski definition) is 2. The Kier molecular flexibility index (Phi) is 4.02. The van der Waals surface area contributed by atoms with E-state index in [1.165, 1.54) is 0 Å². The van der Waals surface area contributed by atoms with Crippen LogP contribution in [0.2, 0.25) is 0 Å². The SMILES string of the molecule is CC(NC(=O)c1ccc(C#N)cc1)c1cccc(N)c1. The van der Waals surface area contributed by atoms with Gasteiger partial charge >= 0.3 is 0 Å². The van der Waals surface area contributed by atoms with E-state index >= 15 is 0 Å². The average Bonchev–Trinajstić information content (AvgIpc) is 2.47. The molecule has 0 aromatic heterocycles. The highest BCUT2D eigenvalue weighted by Crippen LogP contribution is 2.16. The molecule has 3 N–H and O–H groups in total. The summed E-state index contributed by atoms with van der Waals surface area (Å²) in [7, 11) is 0. The van der Waals surface area contributed by atoms with Crippen molar-refractivity contribution in [1.82, 2.24) is 5.32 Å². The number of anilines is 1. The van der Waals surface area contributed by atoms with E-state index in [9.17, 15) is 4.79 Å². The first kappa shape index (κ1) is 13.6. The number of carbonyl (C=O) groups excluding carboxylic acids is 1. The number of nitrogens with two attached hydrogens (primary N) is 1. The molecule has 1 atom stereocenters. The summed E-state index contributed by atoms with van der Waals surface area (Å²) >= 11 is 0. The lowest BCUT2D eigenvalue weighted by Crippen LogP contribution is -2.26. The molecule has 4 heteroatoms. The molecule has 0 aliphatic heterocycles. The molecule has 0 aliphatic carbocycles. The molecule has 20 heavy (non-hydrogen) atoms. The van der Waals surface area contributed by atoms with Gasteiger partial charge in [0, 0.05) is 11.3 Å². The molecule has 1 unspecified atom stereocenters. The lowest BCUT2D eigenvalue weighted by Gasteiger charge is -2.14. The van der Waals surface area contributed by atoms with E-state index in [0.29, 0.717) is 16.8 Å². The third-order valence-electron chi connectivity index (χ3n) is 3.03. The topological polar surface area (TPSA) is 78.9 Å². The summed E-state index contributed by atoms with van der Waals surface area (Å²) < 4.78 is 0. The molecule has 2 aromatic carbocycles. The van der Waals surface area contributed by atoms with E-state index in [4.69, 9.17) is 11.0 Å². The Hall–Kier alpha value is -2.80. The highest BCUT2D eigenvalue weighted by atomic mass is 16.1. The minimum Gasteiger partial charge on any atom is -0.399 e. The molecule has 0 fully saturated rings. The summed E-state index contributed by atoms with van der Waals surface area (Å²) in [6.07, 6.45) is 0. The number of nitrogens with zero attached hydrogens (tertiary/aromatic N) is 1. The van der Waals surface area contributed by atoms with E-state index in [1.54, 1.807) is 30.3 Å². The van der Waals surface area contributed by atoms with Gasteiger partial charge in [-0.25, -0.2) is 0 Å². The van der Waals surface area contributed by atoms with E-state index < -0.39 is 0 Å². The van der Waals surface area contributed by atoms with Crippen molar-refractivity contribution >= 4 is 11.6 Å². The van der Waals surface area contributed by atoms with Gasteiger partial charge in [-0.2, -0.15) is 5.26 Å². The molecule has 0 saturated carbocycles. The third kappa shape index (κ3) is 3.15. The lowest BCUT2D eigenvalue weighted by atomic mass is 10.1. The van der Waals surface area contributed by atoms with Gasteiger partial charge in [-0.05, 0) is 48.9 Å². The standard InChI is InChI=1S/C16H15N3O/c1-11(14-3-2-4-15(18)9-14)19-16(20)13-7-5-12(10-17)6-8-13/h2-9,11H,18H2,1H3,(H,19,20). The van der Waals surface area contributed by atoms with Gasteiger partial charge in [0.05, 0.1) is 17.7 Å². The van der Waals surface area contributed by atoms with E-state index in [1.807, 2.05) is 31.2 Å². The normalized spacial score (nSPS) is 11.4. The van der Waals surface area contributed by atoms with Gasteiger partial charge in [-0.3, -0.25) is 4.79 Å². The van der Waals surface area contributed by atoms with Crippen LogP contribution in [0.15, 0.2) is 48.5 Å². The highest BCUT2D eigenvalue weighted by Gasteiger charge is 2.11. The van der Waals surface area contributed by atoms with Crippen LogP contribution in [0, 0.1) is 11.3 Å².